The van der Waals surface area contributed by atoms with E-state index in [2.05, 4.69) is 9.97 Å². The van der Waals surface area contributed by atoms with E-state index in [-0.39, 0.29) is 5.82 Å². The standard InChI is InChI=1S/C21H13FN4/c22-17-7-3-1-5-15(17)20-24-18-8-4-2-6-16(18)21(25-20)26-12-10-14-13-23-11-9-19(14)26/h1-13H. The van der Waals surface area contributed by atoms with Gasteiger partial charge in [-0.25, -0.2) is 14.4 Å². The van der Waals surface area contributed by atoms with Crippen LogP contribution in [0.4, 0.5) is 4.39 Å². The Morgan fingerprint density at radius 1 is 0.846 bits per heavy atom. The average Bonchev–Trinajstić information content (AvgIpc) is 3.11. The van der Waals surface area contributed by atoms with Crippen LogP contribution in [0.1, 0.15) is 0 Å². The van der Waals surface area contributed by atoms with Crippen molar-refractivity contribution in [3.63, 3.8) is 0 Å². The molecule has 0 bridgehead atoms. The predicted octanol–water partition coefficient (Wildman–Crippen LogP) is 4.77. The summed E-state index contributed by atoms with van der Waals surface area (Å²) in [6.07, 6.45) is 5.51. The molecule has 5 rings (SSSR count). The first-order valence-corrected chi connectivity index (χ1v) is 8.24. The van der Waals surface area contributed by atoms with E-state index in [1.807, 2.05) is 53.4 Å². The predicted molar refractivity (Wildman–Crippen MR) is 99.6 cm³/mol. The maximum Gasteiger partial charge on any atom is 0.165 e. The lowest BCUT2D eigenvalue weighted by molar-refractivity contribution is 0.630. The van der Waals surface area contributed by atoms with Crippen molar-refractivity contribution in [3.05, 3.63) is 85.1 Å². The molecule has 0 spiro atoms. The highest BCUT2D eigenvalue weighted by molar-refractivity contribution is 5.90. The van der Waals surface area contributed by atoms with Crippen LogP contribution in [0.25, 0.3) is 39.0 Å². The molecule has 4 nitrogen and oxygen atoms in total. The molecule has 0 unspecified atom stereocenters. The van der Waals surface area contributed by atoms with E-state index in [9.17, 15) is 4.39 Å². The van der Waals surface area contributed by atoms with Gasteiger partial charge in [0.15, 0.2) is 5.82 Å². The lowest BCUT2D eigenvalue weighted by Crippen LogP contribution is -2.02. The Hall–Kier alpha value is -3.60. The van der Waals surface area contributed by atoms with Gasteiger partial charge in [0, 0.05) is 29.4 Å². The van der Waals surface area contributed by atoms with Crippen LogP contribution in [0, 0.1) is 5.82 Å². The molecular weight excluding hydrogens is 327 g/mol. The van der Waals surface area contributed by atoms with Crippen molar-refractivity contribution in [2.24, 2.45) is 0 Å². The molecular formula is C21H13FN4. The van der Waals surface area contributed by atoms with Crippen LogP contribution in [0.2, 0.25) is 0 Å². The number of fused-ring (bicyclic) bond motifs is 2. The minimum atomic E-state index is -0.338. The number of para-hydroxylation sites is 1. The lowest BCUT2D eigenvalue weighted by atomic mass is 10.1. The van der Waals surface area contributed by atoms with E-state index in [1.165, 1.54) is 6.07 Å². The number of benzene rings is 2. The number of halogens is 1. The van der Waals surface area contributed by atoms with Crippen LogP contribution in [-0.2, 0) is 0 Å². The number of rotatable bonds is 2. The Kier molecular flexibility index (Phi) is 3.25. The molecule has 26 heavy (non-hydrogen) atoms. The molecule has 5 heteroatoms. The second kappa shape index (κ2) is 5.74. The topological polar surface area (TPSA) is 43.6 Å². The summed E-state index contributed by atoms with van der Waals surface area (Å²) in [5.41, 5.74) is 2.15. The first kappa shape index (κ1) is 14.7. The molecule has 0 aliphatic rings. The van der Waals surface area contributed by atoms with Crippen molar-refractivity contribution in [1.29, 1.82) is 0 Å². The first-order valence-electron chi connectivity index (χ1n) is 8.24. The Labute approximate surface area is 148 Å². The fourth-order valence-corrected chi connectivity index (χ4v) is 3.17. The molecule has 0 saturated heterocycles. The van der Waals surface area contributed by atoms with Crippen LogP contribution < -0.4 is 0 Å². The molecule has 0 radical (unpaired) electrons. The third kappa shape index (κ3) is 2.25. The number of aromatic nitrogens is 4. The second-order valence-corrected chi connectivity index (χ2v) is 5.99. The molecule has 0 amide bonds. The maximum atomic E-state index is 14.3. The van der Waals surface area contributed by atoms with E-state index in [1.54, 1.807) is 24.4 Å². The van der Waals surface area contributed by atoms with Gasteiger partial charge in [-0.2, -0.15) is 0 Å². The SMILES string of the molecule is Fc1ccccc1-c1nc(-n2ccc3cnccc32)c2ccccc2n1. The zero-order valence-corrected chi connectivity index (χ0v) is 13.7. The third-order valence-corrected chi connectivity index (χ3v) is 4.42. The normalized spacial score (nSPS) is 11.3. The molecule has 0 aliphatic carbocycles. The van der Waals surface area contributed by atoms with Crippen molar-refractivity contribution in [1.82, 2.24) is 19.5 Å². The smallest absolute Gasteiger partial charge is 0.165 e. The summed E-state index contributed by atoms with van der Waals surface area (Å²) in [6.45, 7) is 0. The van der Waals surface area contributed by atoms with Gasteiger partial charge in [-0.05, 0) is 36.4 Å². The zero-order valence-electron chi connectivity index (χ0n) is 13.7. The molecule has 0 saturated carbocycles. The van der Waals surface area contributed by atoms with E-state index < -0.39 is 0 Å². The fraction of sp³-hybridized carbons (Fsp3) is 0. The van der Waals surface area contributed by atoms with Gasteiger partial charge in [0.05, 0.1) is 16.6 Å². The molecule has 0 atom stereocenters. The summed E-state index contributed by atoms with van der Waals surface area (Å²) in [5.74, 6) is 0.748. The Morgan fingerprint density at radius 2 is 1.69 bits per heavy atom. The van der Waals surface area contributed by atoms with Crippen molar-refractivity contribution in [2.45, 2.75) is 0 Å². The van der Waals surface area contributed by atoms with E-state index >= 15 is 0 Å². The third-order valence-electron chi connectivity index (χ3n) is 4.42. The summed E-state index contributed by atoms with van der Waals surface area (Å²) in [5, 5.41) is 1.92. The molecule has 3 aromatic heterocycles. The van der Waals surface area contributed by atoms with Crippen molar-refractivity contribution in [2.75, 3.05) is 0 Å². The van der Waals surface area contributed by atoms with Crippen LogP contribution in [0.15, 0.2) is 79.3 Å². The fourth-order valence-electron chi connectivity index (χ4n) is 3.17. The molecule has 0 aliphatic heterocycles. The molecule has 2 aromatic carbocycles. The Bertz CT molecular complexity index is 1260. The van der Waals surface area contributed by atoms with Gasteiger partial charge >= 0.3 is 0 Å². The zero-order chi connectivity index (χ0) is 17.5. The highest BCUT2D eigenvalue weighted by atomic mass is 19.1. The number of nitrogens with zero attached hydrogens (tertiary/aromatic N) is 4. The highest BCUT2D eigenvalue weighted by Crippen LogP contribution is 2.28. The minimum Gasteiger partial charge on any atom is -0.300 e. The van der Waals surface area contributed by atoms with Gasteiger partial charge in [0.25, 0.3) is 0 Å². The van der Waals surface area contributed by atoms with Gasteiger partial charge in [-0.1, -0.05) is 24.3 Å². The van der Waals surface area contributed by atoms with Crippen LogP contribution >= 0.6 is 0 Å². The quantitative estimate of drug-likeness (QED) is 0.465. The van der Waals surface area contributed by atoms with Gasteiger partial charge < -0.3 is 4.57 Å². The van der Waals surface area contributed by atoms with E-state index in [0.29, 0.717) is 11.4 Å². The van der Waals surface area contributed by atoms with Gasteiger partial charge in [-0.15, -0.1) is 0 Å². The van der Waals surface area contributed by atoms with Crippen molar-refractivity contribution < 1.29 is 4.39 Å². The van der Waals surface area contributed by atoms with Crippen molar-refractivity contribution in [3.8, 4) is 17.2 Å². The van der Waals surface area contributed by atoms with E-state index in [0.717, 1.165) is 27.6 Å². The molecule has 0 N–H and O–H groups in total. The second-order valence-electron chi connectivity index (χ2n) is 5.99. The average molecular weight is 340 g/mol. The van der Waals surface area contributed by atoms with Gasteiger partial charge in [0.2, 0.25) is 0 Å². The van der Waals surface area contributed by atoms with E-state index in [4.69, 9.17) is 4.98 Å². The van der Waals surface area contributed by atoms with Gasteiger partial charge in [0.1, 0.15) is 11.6 Å². The number of hydrogen-bond donors (Lipinski definition) is 0. The summed E-state index contributed by atoms with van der Waals surface area (Å²) < 4.78 is 16.3. The van der Waals surface area contributed by atoms with Crippen LogP contribution in [-0.4, -0.2) is 19.5 Å². The number of hydrogen-bond acceptors (Lipinski definition) is 3. The maximum absolute atomic E-state index is 14.3. The monoisotopic (exact) mass is 340 g/mol. The Morgan fingerprint density at radius 3 is 2.62 bits per heavy atom. The molecule has 3 heterocycles. The van der Waals surface area contributed by atoms with Crippen LogP contribution in [0.5, 0.6) is 0 Å². The molecule has 124 valence electrons. The van der Waals surface area contributed by atoms with Gasteiger partial charge in [-0.3, -0.25) is 4.98 Å². The largest absolute Gasteiger partial charge is 0.300 e. The number of pyridine rings is 1. The lowest BCUT2D eigenvalue weighted by Gasteiger charge is -2.11. The molecule has 5 aromatic rings. The summed E-state index contributed by atoms with van der Waals surface area (Å²) in [6, 6.07) is 18.2. The summed E-state index contributed by atoms with van der Waals surface area (Å²) in [7, 11) is 0. The molecule has 0 fully saturated rings. The highest BCUT2D eigenvalue weighted by Gasteiger charge is 2.14. The van der Waals surface area contributed by atoms with Crippen LogP contribution in [0.3, 0.4) is 0 Å². The summed E-state index contributed by atoms with van der Waals surface area (Å²) >= 11 is 0. The Balaban J connectivity index is 1.86. The minimum absolute atomic E-state index is 0.338. The van der Waals surface area contributed by atoms with Crippen molar-refractivity contribution >= 4 is 21.8 Å². The first-order chi connectivity index (χ1) is 12.8. The summed E-state index contributed by atoms with van der Waals surface area (Å²) in [4.78, 5) is 13.5.